The van der Waals surface area contributed by atoms with Crippen molar-refractivity contribution in [1.29, 1.82) is 0 Å². The minimum absolute atomic E-state index is 0.154. The van der Waals surface area contributed by atoms with Crippen LogP contribution in [-0.2, 0) is 31.4 Å². The predicted molar refractivity (Wildman–Crippen MR) is 79.9 cm³/mol. The second-order valence-electron chi connectivity index (χ2n) is 4.57. The molecule has 26 heavy (non-hydrogen) atoms. The summed E-state index contributed by atoms with van der Waals surface area (Å²) in [6, 6.07) is 0.360. The van der Waals surface area contributed by atoms with Gasteiger partial charge >= 0.3 is 24.3 Å². The third kappa shape index (κ3) is 5.38. The van der Waals surface area contributed by atoms with Crippen LogP contribution in [0.1, 0.15) is 11.1 Å². The van der Waals surface area contributed by atoms with Crippen LogP contribution in [-0.4, -0.2) is 26.2 Å². The van der Waals surface area contributed by atoms with Gasteiger partial charge in [0.05, 0.1) is 37.1 Å². The zero-order valence-corrected chi connectivity index (χ0v) is 14.6. The van der Waals surface area contributed by atoms with Crippen LogP contribution in [0.2, 0.25) is 0 Å². The van der Waals surface area contributed by atoms with Crippen molar-refractivity contribution in [3.05, 3.63) is 39.5 Å². The van der Waals surface area contributed by atoms with E-state index in [1.165, 1.54) is 0 Å². The molecule has 0 heterocycles. The fourth-order valence-electron chi connectivity index (χ4n) is 1.72. The summed E-state index contributed by atoms with van der Waals surface area (Å²) in [6.07, 6.45) is -10.0. The Kier molecular flexibility index (Phi) is 6.69. The second kappa shape index (κ2) is 7.98. The molecule has 1 N–H and O–H groups in total. The molecule has 0 aliphatic heterocycles. The molecule has 0 saturated carbocycles. The van der Waals surface area contributed by atoms with Crippen LogP contribution < -0.4 is 5.32 Å². The van der Waals surface area contributed by atoms with Crippen molar-refractivity contribution >= 4 is 33.6 Å². The molecule has 0 bridgehead atoms. The number of esters is 2. The Labute approximate surface area is 151 Å². The Hall–Kier alpha value is -2.24. The smallest absolute Gasteiger partial charge is 0.417 e. The van der Waals surface area contributed by atoms with Gasteiger partial charge in [0, 0.05) is 4.47 Å². The molecule has 12 heteroatoms. The quantitative estimate of drug-likeness (QED) is 0.425. The first kappa shape index (κ1) is 21.8. The number of halogens is 7. The molecule has 0 atom stereocenters. The van der Waals surface area contributed by atoms with E-state index >= 15 is 0 Å². The van der Waals surface area contributed by atoms with Gasteiger partial charge in [-0.15, -0.1) is 0 Å². The number of methoxy groups -OCH3 is 2. The molecule has 0 spiro atoms. The SMILES string of the molecule is COC(=O)/C=C(/Nc1cc(C(F)(F)F)c(C(F)(F)F)cc1Br)C(=O)OC. The molecule has 1 aromatic carbocycles. The Bertz CT molecular complexity index is 742. The van der Waals surface area contributed by atoms with Crippen molar-refractivity contribution in [3.8, 4) is 0 Å². The zero-order chi connectivity index (χ0) is 20.3. The molecule has 144 valence electrons. The first-order valence-electron chi connectivity index (χ1n) is 6.44. The van der Waals surface area contributed by atoms with Crippen LogP contribution in [0, 0.1) is 0 Å². The standard InChI is InChI=1S/C14H10BrF6NO4/c1-25-11(23)5-10(12(24)26-2)22-9-4-7(14(19,20)21)6(3-8(9)15)13(16,17)18/h3-5,22H,1-2H3/b10-5+. The minimum Gasteiger partial charge on any atom is -0.466 e. The third-order valence-corrected chi connectivity index (χ3v) is 3.51. The number of rotatable bonds is 4. The van der Waals surface area contributed by atoms with E-state index in [0.717, 1.165) is 14.2 Å². The third-order valence-electron chi connectivity index (χ3n) is 2.86. The van der Waals surface area contributed by atoms with E-state index in [0.29, 0.717) is 6.08 Å². The lowest BCUT2D eigenvalue weighted by atomic mass is 10.1. The Balaban J connectivity index is 3.51. The summed E-state index contributed by atoms with van der Waals surface area (Å²) >= 11 is 2.70. The number of hydrogen-bond acceptors (Lipinski definition) is 5. The summed E-state index contributed by atoms with van der Waals surface area (Å²) in [5, 5.41) is 2.13. The summed E-state index contributed by atoms with van der Waals surface area (Å²) in [5.74, 6) is -2.20. The maximum Gasteiger partial charge on any atom is 0.417 e. The van der Waals surface area contributed by atoms with Crippen LogP contribution in [0.4, 0.5) is 32.0 Å². The van der Waals surface area contributed by atoms with Crippen molar-refractivity contribution < 1.29 is 45.4 Å². The van der Waals surface area contributed by atoms with Gasteiger partial charge in [-0.05, 0) is 28.1 Å². The highest BCUT2D eigenvalue weighted by Gasteiger charge is 2.43. The zero-order valence-electron chi connectivity index (χ0n) is 13.0. The molecule has 0 aromatic heterocycles. The van der Waals surface area contributed by atoms with E-state index in [1.807, 2.05) is 0 Å². The molecule has 1 aromatic rings. The maximum absolute atomic E-state index is 13.0. The molecule has 0 amide bonds. The maximum atomic E-state index is 13.0. The lowest BCUT2D eigenvalue weighted by Gasteiger charge is -2.19. The van der Waals surface area contributed by atoms with Crippen molar-refractivity contribution in [1.82, 2.24) is 0 Å². The molecule has 0 saturated heterocycles. The first-order valence-corrected chi connectivity index (χ1v) is 7.23. The van der Waals surface area contributed by atoms with Gasteiger partial charge in [0.25, 0.3) is 0 Å². The highest BCUT2D eigenvalue weighted by molar-refractivity contribution is 9.10. The molecule has 0 radical (unpaired) electrons. The van der Waals surface area contributed by atoms with Crippen LogP contribution in [0.25, 0.3) is 0 Å². The average molecular weight is 450 g/mol. The van der Waals surface area contributed by atoms with E-state index < -0.39 is 51.3 Å². The van der Waals surface area contributed by atoms with Gasteiger partial charge in [0.2, 0.25) is 0 Å². The molecular formula is C14H10BrF6NO4. The summed E-state index contributed by atoms with van der Waals surface area (Å²) in [4.78, 5) is 22.9. The van der Waals surface area contributed by atoms with Crippen LogP contribution >= 0.6 is 15.9 Å². The number of nitrogens with one attached hydrogen (secondary N) is 1. The molecule has 0 unspecified atom stereocenters. The van der Waals surface area contributed by atoms with Gasteiger partial charge in [-0.3, -0.25) is 0 Å². The number of anilines is 1. The van der Waals surface area contributed by atoms with Crippen molar-refractivity contribution in [2.75, 3.05) is 19.5 Å². The lowest BCUT2D eigenvalue weighted by Crippen LogP contribution is -2.19. The summed E-state index contributed by atoms with van der Waals surface area (Å²) < 4.78 is 85.8. The van der Waals surface area contributed by atoms with Gasteiger partial charge in [0.15, 0.2) is 0 Å². The number of hydrogen-bond donors (Lipinski definition) is 1. The van der Waals surface area contributed by atoms with Crippen molar-refractivity contribution in [2.24, 2.45) is 0 Å². The normalized spacial score (nSPS) is 12.6. The Morgan fingerprint density at radius 1 is 1.00 bits per heavy atom. The number of benzene rings is 1. The van der Waals surface area contributed by atoms with E-state index in [4.69, 9.17) is 0 Å². The summed E-state index contributed by atoms with van der Waals surface area (Å²) in [7, 11) is 1.90. The van der Waals surface area contributed by atoms with Gasteiger partial charge in [-0.25, -0.2) is 9.59 Å². The van der Waals surface area contributed by atoms with Gasteiger partial charge in [-0.2, -0.15) is 26.3 Å². The Morgan fingerprint density at radius 3 is 1.92 bits per heavy atom. The number of ether oxygens (including phenoxy) is 2. The Morgan fingerprint density at radius 2 is 1.50 bits per heavy atom. The van der Waals surface area contributed by atoms with E-state index in [1.54, 1.807) is 0 Å². The molecular weight excluding hydrogens is 440 g/mol. The highest BCUT2D eigenvalue weighted by Crippen LogP contribution is 2.43. The van der Waals surface area contributed by atoms with Crippen LogP contribution in [0.3, 0.4) is 0 Å². The fourth-order valence-corrected chi connectivity index (χ4v) is 2.16. The van der Waals surface area contributed by atoms with E-state index in [2.05, 4.69) is 30.7 Å². The average Bonchev–Trinajstić information content (AvgIpc) is 2.52. The number of carbonyl (C=O) groups excluding carboxylic acids is 2. The van der Waals surface area contributed by atoms with E-state index in [9.17, 15) is 35.9 Å². The summed E-state index contributed by atoms with van der Waals surface area (Å²) in [5.41, 5.74) is -5.09. The van der Waals surface area contributed by atoms with Gasteiger partial charge < -0.3 is 14.8 Å². The van der Waals surface area contributed by atoms with E-state index in [-0.39, 0.29) is 12.1 Å². The monoisotopic (exact) mass is 449 g/mol. The first-order chi connectivity index (χ1) is 11.8. The fraction of sp³-hybridized carbons (Fsp3) is 0.286. The van der Waals surface area contributed by atoms with Gasteiger partial charge in [0.1, 0.15) is 5.70 Å². The molecule has 0 aliphatic rings. The van der Waals surface area contributed by atoms with Crippen molar-refractivity contribution in [3.63, 3.8) is 0 Å². The minimum atomic E-state index is -5.32. The van der Waals surface area contributed by atoms with Crippen LogP contribution in [0.15, 0.2) is 28.4 Å². The van der Waals surface area contributed by atoms with Gasteiger partial charge in [-0.1, -0.05) is 0 Å². The van der Waals surface area contributed by atoms with Crippen molar-refractivity contribution in [2.45, 2.75) is 12.4 Å². The summed E-state index contributed by atoms with van der Waals surface area (Å²) in [6.45, 7) is 0. The molecule has 1 rings (SSSR count). The highest BCUT2D eigenvalue weighted by atomic mass is 79.9. The lowest BCUT2D eigenvalue weighted by molar-refractivity contribution is -0.162. The largest absolute Gasteiger partial charge is 0.466 e. The molecule has 0 fully saturated rings. The molecule has 5 nitrogen and oxygen atoms in total. The second-order valence-corrected chi connectivity index (χ2v) is 5.43. The molecule has 0 aliphatic carbocycles. The number of alkyl halides is 6. The number of carbonyl (C=O) groups is 2. The topological polar surface area (TPSA) is 64.6 Å². The predicted octanol–water partition coefficient (Wildman–Crippen LogP) is 4.13. The van der Waals surface area contributed by atoms with Crippen LogP contribution in [0.5, 0.6) is 0 Å².